The first kappa shape index (κ1) is 16.5. The van der Waals surface area contributed by atoms with Gasteiger partial charge >= 0.3 is 0 Å². The number of nitrogens with zero attached hydrogens (tertiary/aromatic N) is 1. The highest BCUT2D eigenvalue weighted by Crippen LogP contribution is 2.33. The Hall–Kier alpha value is -3.01. The molecule has 0 aromatic heterocycles. The number of benzene rings is 3. The van der Waals surface area contributed by atoms with E-state index in [1.807, 2.05) is 59.5 Å². The third-order valence-electron chi connectivity index (χ3n) is 5.04. The Morgan fingerprint density at radius 1 is 1.00 bits per heavy atom. The number of hydrogen-bond acceptors (Lipinski definition) is 3. The van der Waals surface area contributed by atoms with Crippen molar-refractivity contribution in [3.8, 4) is 11.5 Å². The van der Waals surface area contributed by atoms with E-state index < -0.39 is 0 Å². The van der Waals surface area contributed by atoms with Crippen LogP contribution in [0, 0.1) is 0 Å². The van der Waals surface area contributed by atoms with Gasteiger partial charge in [0, 0.05) is 30.3 Å². The third-order valence-corrected chi connectivity index (χ3v) is 5.04. The minimum atomic E-state index is 0.0605. The summed E-state index contributed by atoms with van der Waals surface area (Å²) >= 11 is 0. The van der Waals surface area contributed by atoms with Gasteiger partial charge < -0.3 is 14.4 Å². The van der Waals surface area contributed by atoms with Crippen molar-refractivity contribution in [3.63, 3.8) is 0 Å². The van der Waals surface area contributed by atoms with Crippen molar-refractivity contribution >= 4 is 16.7 Å². The summed E-state index contributed by atoms with van der Waals surface area (Å²) in [6.07, 6.45) is 0.791. The first-order valence-electron chi connectivity index (χ1n) is 8.72. The summed E-state index contributed by atoms with van der Waals surface area (Å²) in [5, 5.41) is 2.07. The number of methoxy groups -OCH3 is 2. The summed E-state index contributed by atoms with van der Waals surface area (Å²) in [5.41, 5.74) is 3.00. The van der Waals surface area contributed by atoms with Gasteiger partial charge in [-0.05, 0) is 34.9 Å². The van der Waals surface area contributed by atoms with Crippen molar-refractivity contribution in [3.05, 3.63) is 71.3 Å². The van der Waals surface area contributed by atoms with Crippen LogP contribution in [-0.2, 0) is 13.0 Å². The summed E-state index contributed by atoms with van der Waals surface area (Å²) in [7, 11) is 3.31. The number of rotatable bonds is 3. The molecule has 0 saturated carbocycles. The molecule has 4 nitrogen and oxygen atoms in total. The van der Waals surface area contributed by atoms with Crippen LogP contribution in [0.1, 0.15) is 21.5 Å². The van der Waals surface area contributed by atoms with Crippen molar-refractivity contribution in [2.24, 2.45) is 0 Å². The van der Waals surface area contributed by atoms with Crippen molar-refractivity contribution in [1.29, 1.82) is 0 Å². The van der Waals surface area contributed by atoms with Gasteiger partial charge in [-0.15, -0.1) is 0 Å². The van der Waals surface area contributed by atoms with E-state index in [1.54, 1.807) is 14.2 Å². The predicted molar refractivity (Wildman–Crippen MR) is 102 cm³/mol. The highest BCUT2D eigenvalue weighted by molar-refractivity contribution is 6.07. The maximum atomic E-state index is 13.2. The molecule has 0 radical (unpaired) electrons. The Balaban J connectivity index is 1.69. The molecule has 26 heavy (non-hydrogen) atoms. The fourth-order valence-electron chi connectivity index (χ4n) is 3.66. The van der Waals surface area contributed by atoms with Crippen LogP contribution in [0.3, 0.4) is 0 Å². The van der Waals surface area contributed by atoms with Crippen LogP contribution in [0.4, 0.5) is 0 Å². The van der Waals surface area contributed by atoms with Crippen LogP contribution < -0.4 is 9.47 Å². The quantitative estimate of drug-likeness (QED) is 0.717. The maximum absolute atomic E-state index is 13.2. The lowest BCUT2D eigenvalue weighted by Crippen LogP contribution is -2.36. The number of ether oxygens (including phenoxy) is 2. The fraction of sp³-hybridized carbons (Fsp3) is 0.227. The van der Waals surface area contributed by atoms with E-state index in [4.69, 9.17) is 9.47 Å². The van der Waals surface area contributed by atoms with Crippen LogP contribution >= 0.6 is 0 Å². The van der Waals surface area contributed by atoms with Crippen molar-refractivity contribution < 1.29 is 14.3 Å². The van der Waals surface area contributed by atoms with E-state index in [0.29, 0.717) is 13.1 Å². The number of carbonyl (C=O) groups excluding carboxylic acids is 1. The number of carbonyl (C=O) groups is 1. The Morgan fingerprint density at radius 2 is 1.81 bits per heavy atom. The van der Waals surface area contributed by atoms with E-state index in [9.17, 15) is 4.79 Å². The smallest absolute Gasteiger partial charge is 0.254 e. The van der Waals surface area contributed by atoms with Gasteiger partial charge in [0.05, 0.1) is 14.2 Å². The first-order valence-corrected chi connectivity index (χ1v) is 8.72. The van der Waals surface area contributed by atoms with Crippen LogP contribution in [-0.4, -0.2) is 31.6 Å². The SMILES string of the molecule is COc1cc2c(c(OC)c1)CN(C(=O)c1cccc3ccccc13)CC2. The lowest BCUT2D eigenvalue weighted by molar-refractivity contribution is 0.0735. The molecule has 0 unspecified atom stereocenters. The molecular weight excluding hydrogens is 326 g/mol. The fourth-order valence-corrected chi connectivity index (χ4v) is 3.66. The van der Waals surface area contributed by atoms with Gasteiger partial charge in [0.2, 0.25) is 0 Å². The highest BCUT2D eigenvalue weighted by atomic mass is 16.5. The molecule has 3 aromatic carbocycles. The van der Waals surface area contributed by atoms with Crippen molar-refractivity contribution in [1.82, 2.24) is 4.90 Å². The second-order valence-corrected chi connectivity index (χ2v) is 6.47. The normalized spacial score (nSPS) is 13.4. The summed E-state index contributed by atoms with van der Waals surface area (Å²) in [6, 6.07) is 17.8. The lowest BCUT2D eigenvalue weighted by Gasteiger charge is -2.30. The van der Waals surface area contributed by atoms with E-state index in [-0.39, 0.29) is 5.91 Å². The van der Waals surface area contributed by atoms with Gasteiger partial charge in [-0.2, -0.15) is 0 Å². The molecule has 4 rings (SSSR count). The number of fused-ring (bicyclic) bond motifs is 2. The van der Waals surface area contributed by atoms with Crippen molar-refractivity contribution in [2.75, 3.05) is 20.8 Å². The molecule has 0 N–H and O–H groups in total. The molecule has 0 spiro atoms. The van der Waals surface area contributed by atoms with Gasteiger partial charge in [-0.1, -0.05) is 36.4 Å². The molecule has 132 valence electrons. The van der Waals surface area contributed by atoms with Crippen molar-refractivity contribution in [2.45, 2.75) is 13.0 Å². The number of hydrogen-bond donors (Lipinski definition) is 0. The number of amides is 1. The summed E-state index contributed by atoms with van der Waals surface area (Å²) in [4.78, 5) is 15.1. The summed E-state index contributed by atoms with van der Waals surface area (Å²) in [6.45, 7) is 1.23. The minimum Gasteiger partial charge on any atom is -0.497 e. The van der Waals surface area contributed by atoms with E-state index in [0.717, 1.165) is 39.8 Å². The van der Waals surface area contributed by atoms with Gasteiger partial charge in [0.1, 0.15) is 11.5 Å². The second kappa shape index (κ2) is 6.71. The molecule has 3 aromatic rings. The Morgan fingerprint density at radius 3 is 2.62 bits per heavy atom. The predicted octanol–water partition coefficient (Wildman–Crippen LogP) is 4.06. The molecule has 0 aliphatic carbocycles. The monoisotopic (exact) mass is 347 g/mol. The van der Waals surface area contributed by atoms with E-state index in [1.165, 1.54) is 5.56 Å². The Kier molecular flexibility index (Phi) is 4.25. The topological polar surface area (TPSA) is 38.8 Å². The molecule has 0 atom stereocenters. The zero-order valence-electron chi connectivity index (χ0n) is 15.0. The second-order valence-electron chi connectivity index (χ2n) is 6.47. The molecule has 1 aliphatic rings. The largest absolute Gasteiger partial charge is 0.497 e. The van der Waals surface area contributed by atoms with Crippen LogP contribution in [0.5, 0.6) is 11.5 Å². The average Bonchev–Trinajstić information content (AvgIpc) is 2.71. The molecule has 0 bridgehead atoms. The Bertz CT molecular complexity index is 958. The van der Waals surface area contributed by atoms with Gasteiger partial charge in [0.25, 0.3) is 5.91 Å². The van der Waals surface area contributed by atoms with Crippen LogP contribution in [0.15, 0.2) is 54.6 Å². The van der Waals surface area contributed by atoms with Gasteiger partial charge in [0.15, 0.2) is 0 Å². The minimum absolute atomic E-state index is 0.0605. The van der Waals surface area contributed by atoms with E-state index >= 15 is 0 Å². The Labute approximate surface area is 153 Å². The average molecular weight is 347 g/mol. The summed E-state index contributed by atoms with van der Waals surface area (Å²) in [5.74, 6) is 1.62. The summed E-state index contributed by atoms with van der Waals surface area (Å²) < 4.78 is 10.9. The maximum Gasteiger partial charge on any atom is 0.254 e. The van der Waals surface area contributed by atoms with Gasteiger partial charge in [-0.3, -0.25) is 4.79 Å². The van der Waals surface area contributed by atoms with E-state index in [2.05, 4.69) is 0 Å². The zero-order valence-corrected chi connectivity index (χ0v) is 15.0. The zero-order chi connectivity index (χ0) is 18.1. The third kappa shape index (κ3) is 2.77. The molecule has 0 saturated heterocycles. The molecular formula is C22H21NO3. The van der Waals surface area contributed by atoms with Crippen LogP contribution in [0.25, 0.3) is 10.8 Å². The molecule has 1 heterocycles. The molecule has 1 aliphatic heterocycles. The highest BCUT2D eigenvalue weighted by Gasteiger charge is 2.25. The molecule has 4 heteroatoms. The molecule has 0 fully saturated rings. The van der Waals surface area contributed by atoms with Gasteiger partial charge in [-0.25, -0.2) is 0 Å². The lowest BCUT2D eigenvalue weighted by atomic mass is 9.96. The molecule has 1 amide bonds. The van der Waals surface area contributed by atoms with Crippen LogP contribution in [0.2, 0.25) is 0 Å². The first-order chi connectivity index (χ1) is 12.7. The standard InChI is InChI=1S/C22H21NO3/c1-25-17-12-16-10-11-23(14-20(16)21(13-17)26-2)22(24)19-9-5-7-15-6-3-4-8-18(15)19/h3-9,12-13H,10-11,14H2,1-2H3.